The fraction of sp³-hybridized carbons (Fsp3) is 0.350. The lowest BCUT2D eigenvalue weighted by molar-refractivity contribution is -0.134. The van der Waals surface area contributed by atoms with E-state index in [9.17, 15) is 9.59 Å². The highest BCUT2D eigenvalue weighted by atomic mass is 35.5. The maximum absolute atomic E-state index is 12.8. The first-order chi connectivity index (χ1) is 13.9. The van der Waals surface area contributed by atoms with Gasteiger partial charge in [0.25, 0.3) is 0 Å². The van der Waals surface area contributed by atoms with Gasteiger partial charge in [-0.05, 0) is 6.07 Å². The molecule has 0 atom stereocenters. The maximum atomic E-state index is 12.8. The zero-order valence-electron chi connectivity index (χ0n) is 16.2. The molecule has 0 saturated carbocycles. The van der Waals surface area contributed by atoms with Crippen molar-refractivity contribution in [3.63, 3.8) is 0 Å². The number of rotatable bonds is 4. The molecule has 0 unspecified atom stereocenters. The number of fused-ring (bicyclic) bond motifs is 3. The van der Waals surface area contributed by atoms with Gasteiger partial charge in [-0.2, -0.15) is 5.10 Å². The topological polar surface area (TPSA) is 74.2 Å². The van der Waals surface area contributed by atoms with Crippen molar-refractivity contribution in [2.75, 3.05) is 20.1 Å². The van der Waals surface area contributed by atoms with E-state index in [1.54, 1.807) is 24.2 Å². The summed E-state index contributed by atoms with van der Waals surface area (Å²) in [5.41, 5.74) is 3.83. The van der Waals surface area contributed by atoms with Crippen molar-refractivity contribution in [2.45, 2.75) is 26.4 Å². The van der Waals surface area contributed by atoms with E-state index in [1.165, 1.54) is 6.92 Å². The highest BCUT2D eigenvalue weighted by Gasteiger charge is 2.28. The van der Waals surface area contributed by atoms with Crippen molar-refractivity contribution in [3.8, 4) is 11.1 Å². The van der Waals surface area contributed by atoms with E-state index >= 15 is 0 Å². The molecule has 4 rings (SSSR count). The third-order valence-corrected chi connectivity index (χ3v) is 6.29. The average molecular weight is 434 g/mol. The smallest absolute Gasteiger partial charge is 0.224 e. The molecular formula is C20H21Cl2N5O2. The summed E-state index contributed by atoms with van der Waals surface area (Å²) in [5, 5.41) is 8.95. The minimum atomic E-state index is -0.0506. The van der Waals surface area contributed by atoms with Gasteiger partial charge in [0, 0.05) is 68.4 Å². The number of carbonyl (C=O) groups is 2. The SMILES string of the molecule is CC(=O)N(C)CCC(=O)N1CCn2c(c(-c3cn[nH]c3)c3ccc(Cl)c(Cl)c32)C1. The molecule has 3 heterocycles. The maximum Gasteiger partial charge on any atom is 0.224 e. The number of halogens is 2. The highest BCUT2D eigenvalue weighted by molar-refractivity contribution is 6.45. The average Bonchev–Trinajstić information content (AvgIpc) is 3.33. The number of hydrogen-bond donors (Lipinski definition) is 1. The molecule has 3 aromatic rings. The minimum absolute atomic E-state index is 0.0249. The van der Waals surface area contributed by atoms with Crippen LogP contribution in [0.4, 0.5) is 0 Å². The molecule has 29 heavy (non-hydrogen) atoms. The van der Waals surface area contributed by atoms with Crippen molar-refractivity contribution < 1.29 is 9.59 Å². The molecule has 0 radical (unpaired) electrons. The molecule has 7 nitrogen and oxygen atoms in total. The van der Waals surface area contributed by atoms with E-state index in [1.807, 2.05) is 17.2 Å². The number of benzene rings is 1. The molecule has 0 fully saturated rings. The largest absolute Gasteiger partial charge is 0.345 e. The van der Waals surface area contributed by atoms with Gasteiger partial charge in [-0.3, -0.25) is 14.7 Å². The zero-order valence-corrected chi connectivity index (χ0v) is 17.7. The number of hydrogen-bond acceptors (Lipinski definition) is 3. The summed E-state index contributed by atoms with van der Waals surface area (Å²) in [6, 6.07) is 3.76. The summed E-state index contributed by atoms with van der Waals surface area (Å²) in [4.78, 5) is 27.6. The predicted octanol–water partition coefficient (Wildman–Crippen LogP) is 3.55. The van der Waals surface area contributed by atoms with Crippen LogP contribution in [0.1, 0.15) is 19.0 Å². The quantitative estimate of drug-likeness (QED) is 0.683. The van der Waals surface area contributed by atoms with Gasteiger partial charge in [0.05, 0.1) is 28.3 Å². The molecule has 1 aromatic carbocycles. The number of nitrogens with one attached hydrogen (secondary N) is 1. The molecule has 1 N–H and O–H groups in total. The number of carbonyl (C=O) groups excluding carboxylic acids is 2. The fourth-order valence-corrected chi connectivity index (χ4v) is 4.24. The Kier molecular flexibility index (Phi) is 5.27. The van der Waals surface area contributed by atoms with Crippen LogP contribution in [0.15, 0.2) is 24.5 Å². The van der Waals surface area contributed by atoms with E-state index in [4.69, 9.17) is 23.2 Å². The number of aromatic amines is 1. The molecule has 1 aliphatic heterocycles. The summed E-state index contributed by atoms with van der Waals surface area (Å²) in [5.74, 6) is -0.0257. The molecule has 1 aliphatic rings. The second kappa shape index (κ2) is 7.72. The van der Waals surface area contributed by atoms with Crippen LogP contribution in [0.3, 0.4) is 0 Å². The van der Waals surface area contributed by atoms with Crippen LogP contribution in [-0.2, 0) is 22.7 Å². The Hall–Kier alpha value is -2.51. The third kappa shape index (κ3) is 3.49. The zero-order chi connectivity index (χ0) is 20.7. The molecule has 2 aromatic heterocycles. The number of H-pyrrole nitrogens is 1. The Balaban J connectivity index is 1.71. The van der Waals surface area contributed by atoms with E-state index < -0.39 is 0 Å². The Bertz CT molecular complexity index is 1090. The van der Waals surface area contributed by atoms with E-state index in [-0.39, 0.29) is 11.8 Å². The Morgan fingerprint density at radius 2 is 2.07 bits per heavy atom. The van der Waals surface area contributed by atoms with Gasteiger partial charge in [-0.1, -0.05) is 29.3 Å². The van der Waals surface area contributed by atoms with Gasteiger partial charge >= 0.3 is 0 Å². The van der Waals surface area contributed by atoms with Crippen molar-refractivity contribution in [2.24, 2.45) is 0 Å². The van der Waals surface area contributed by atoms with Crippen molar-refractivity contribution in [1.29, 1.82) is 0 Å². The first-order valence-corrected chi connectivity index (χ1v) is 10.1. The lowest BCUT2D eigenvalue weighted by Crippen LogP contribution is -2.40. The molecular weight excluding hydrogens is 413 g/mol. The lowest BCUT2D eigenvalue weighted by atomic mass is 10.0. The summed E-state index contributed by atoms with van der Waals surface area (Å²) in [7, 11) is 1.70. The lowest BCUT2D eigenvalue weighted by Gasteiger charge is -2.30. The summed E-state index contributed by atoms with van der Waals surface area (Å²) < 4.78 is 2.15. The monoisotopic (exact) mass is 433 g/mol. The van der Waals surface area contributed by atoms with Gasteiger partial charge in [-0.15, -0.1) is 0 Å². The summed E-state index contributed by atoms with van der Waals surface area (Å²) >= 11 is 12.8. The van der Waals surface area contributed by atoms with Crippen LogP contribution < -0.4 is 0 Å². The molecule has 9 heteroatoms. The van der Waals surface area contributed by atoms with Crippen LogP contribution in [0.5, 0.6) is 0 Å². The van der Waals surface area contributed by atoms with Crippen LogP contribution in [0.2, 0.25) is 10.0 Å². The van der Waals surface area contributed by atoms with E-state index in [0.29, 0.717) is 42.6 Å². The first-order valence-electron chi connectivity index (χ1n) is 9.36. The number of nitrogens with zero attached hydrogens (tertiary/aromatic N) is 4. The number of amides is 2. The Morgan fingerprint density at radius 1 is 1.28 bits per heavy atom. The predicted molar refractivity (Wildman–Crippen MR) is 113 cm³/mol. The molecule has 2 amide bonds. The van der Waals surface area contributed by atoms with E-state index in [0.717, 1.165) is 27.7 Å². The second-order valence-corrected chi connectivity index (χ2v) is 8.01. The Labute approximate surface area is 178 Å². The van der Waals surface area contributed by atoms with Crippen LogP contribution in [0, 0.1) is 0 Å². The highest BCUT2D eigenvalue weighted by Crippen LogP contribution is 2.42. The summed E-state index contributed by atoms with van der Waals surface area (Å²) in [6.45, 7) is 3.57. The van der Waals surface area contributed by atoms with Gasteiger partial charge < -0.3 is 14.4 Å². The van der Waals surface area contributed by atoms with Gasteiger partial charge in [0.15, 0.2) is 0 Å². The van der Waals surface area contributed by atoms with Gasteiger partial charge in [0.2, 0.25) is 11.8 Å². The van der Waals surface area contributed by atoms with Crippen molar-refractivity contribution in [1.82, 2.24) is 24.6 Å². The molecule has 0 spiro atoms. The van der Waals surface area contributed by atoms with Crippen LogP contribution >= 0.6 is 23.2 Å². The fourth-order valence-electron chi connectivity index (χ4n) is 3.82. The van der Waals surface area contributed by atoms with Gasteiger partial charge in [-0.25, -0.2) is 0 Å². The normalized spacial score (nSPS) is 13.6. The van der Waals surface area contributed by atoms with Crippen LogP contribution in [-0.4, -0.2) is 56.5 Å². The van der Waals surface area contributed by atoms with Crippen molar-refractivity contribution >= 4 is 45.9 Å². The number of aromatic nitrogens is 3. The molecule has 152 valence electrons. The second-order valence-electron chi connectivity index (χ2n) is 7.22. The minimum Gasteiger partial charge on any atom is -0.345 e. The van der Waals surface area contributed by atoms with Crippen molar-refractivity contribution in [3.05, 3.63) is 40.3 Å². The van der Waals surface area contributed by atoms with E-state index in [2.05, 4.69) is 14.8 Å². The first kappa shape index (κ1) is 19.8. The molecule has 0 saturated heterocycles. The summed E-state index contributed by atoms with van der Waals surface area (Å²) in [6.07, 6.45) is 3.89. The van der Waals surface area contributed by atoms with Gasteiger partial charge in [0.1, 0.15) is 0 Å². The van der Waals surface area contributed by atoms with Crippen LogP contribution in [0.25, 0.3) is 22.0 Å². The molecule has 0 bridgehead atoms. The third-order valence-electron chi connectivity index (χ3n) is 5.50. The standard InChI is InChI=1S/C20H21Cl2N5O2/c1-12(28)25(2)6-5-17(29)26-7-8-27-16(11-26)18(13-9-23-24-10-13)14-3-4-15(21)19(22)20(14)27/h3-4,9-10H,5-8,11H2,1-2H3,(H,23,24). The Morgan fingerprint density at radius 3 is 2.76 bits per heavy atom. The molecule has 0 aliphatic carbocycles.